The highest BCUT2D eigenvalue weighted by atomic mass is 35.5. The van der Waals surface area contributed by atoms with E-state index >= 15 is 0 Å². The van der Waals surface area contributed by atoms with E-state index in [9.17, 15) is 14.0 Å². The van der Waals surface area contributed by atoms with Crippen molar-refractivity contribution in [3.8, 4) is 5.75 Å². The molecule has 0 radical (unpaired) electrons. The van der Waals surface area contributed by atoms with E-state index in [2.05, 4.69) is 15.6 Å². The Morgan fingerprint density at radius 2 is 1.94 bits per heavy atom. The number of halogens is 2. The summed E-state index contributed by atoms with van der Waals surface area (Å²) in [5.41, 5.74) is 1.17. The summed E-state index contributed by atoms with van der Waals surface area (Å²) in [6.07, 6.45) is 7.77. The van der Waals surface area contributed by atoms with E-state index in [1.807, 2.05) is 4.90 Å². The molecule has 1 saturated heterocycles. The van der Waals surface area contributed by atoms with E-state index in [0.717, 1.165) is 13.1 Å². The van der Waals surface area contributed by atoms with Crippen LogP contribution in [0.5, 0.6) is 5.75 Å². The second-order valence-corrected chi connectivity index (χ2v) is 8.30. The Morgan fingerprint density at radius 1 is 1.22 bits per heavy atom. The maximum atomic E-state index is 12.6. The number of benzene rings is 1. The average molecular weight is 516 g/mol. The monoisotopic (exact) mass is 515 g/mol. The van der Waals surface area contributed by atoms with Gasteiger partial charge in [-0.3, -0.25) is 15.0 Å². The molecule has 0 spiro atoms. The van der Waals surface area contributed by atoms with Gasteiger partial charge in [0.1, 0.15) is 11.6 Å². The molecule has 0 aliphatic carbocycles. The Hall–Kier alpha value is -3.72. The van der Waals surface area contributed by atoms with Gasteiger partial charge in [-0.05, 0) is 63.1 Å². The highest BCUT2D eigenvalue weighted by molar-refractivity contribution is 6.30. The molecule has 10 heteroatoms. The first-order chi connectivity index (χ1) is 17.3. The summed E-state index contributed by atoms with van der Waals surface area (Å²) < 4.78 is 16.7. The Morgan fingerprint density at radius 3 is 2.53 bits per heavy atom. The number of anilines is 2. The van der Waals surface area contributed by atoms with Gasteiger partial charge in [0.15, 0.2) is 0 Å². The molecule has 36 heavy (non-hydrogen) atoms. The summed E-state index contributed by atoms with van der Waals surface area (Å²) in [5.74, 6) is 0.666. The number of hydrogen-bond donors (Lipinski definition) is 3. The molecule has 2 aromatic rings. The van der Waals surface area contributed by atoms with Crippen LogP contribution in [0.2, 0.25) is 5.02 Å². The molecular formula is C26H31ClFN5O3. The number of amidine groups is 1. The number of carbonyl (C=O) groups excluding carboxylic acids is 2. The van der Waals surface area contributed by atoms with Crippen molar-refractivity contribution < 1.29 is 18.7 Å². The van der Waals surface area contributed by atoms with Crippen LogP contribution in [0.3, 0.4) is 0 Å². The Labute approximate surface area is 215 Å². The number of allylic oxidation sites excluding steroid dienone is 1. The summed E-state index contributed by atoms with van der Waals surface area (Å²) in [7, 11) is 1.50. The summed E-state index contributed by atoms with van der Waals surface area (Å²) >= 11 is 5.79. The third-order valence-electron chi connectivity index (χ3n) is 5.37. The number of aromatic nitrogens is 1. The molecule has 0 unspecified atom stereocenters. The molecule has 0 bridgehead atoms. The first kappa shape index (κ1) is 28.5. The van der Waals surface area contributed by atoms with Crippen molar-refractivity contribution in [2.24, 2.45) is 0 Å². The maximum Gasteiger partial charge on any atom is 0.259 e. The first-order valence-corrected chi connectivity index (χ1v) is 11.8. The molecule has 2 amide bonds. The number of methoxy groups -OCH3 is 1. The molecule has 3 rings (SSSR count). The van der Waals surface area contributed by atoms with Gasteiger partial charge in [-0.15, -0.1) is 0 Å². The smallest absolute Gasteiger partial charge is 0.259 e. The minimum absolute atomic E-state index is 0.258. The lowest BCUT2D eigenvalue weighted by atomic mass is 10.1. The SMILES string of the molecule is C/C=C(\C)C(=O)Nc1ccc(OC)cc1C(=O)Nc1ccc(Cl)cn1.N=C(C/C=C/F)N1CCCC1. The van der Waals surface area contributed by atoms with Crippen LogP contribution in [-0.2, 0) is 4.79 Å². The van der Waals surface area contributed by atoms with E-state index in [1.165, 1.54) is 32.2 Å². The third kappa shape index (κ3) is 8.81. The number of amides is 2. The van der Waals surface area contributed by atoms with Crippen molar-refractivity contribution in [1.82, 2.24) is 9.88 Å². The number of ether oxygens (including phenoxy) is 1. The minimum atomic E-state index is -0.429. The fourth-order valence-corrected chi connectivity index (χ4v) is 3.32. The fraction of sp³-hybridized carbons (Fsp3) is 0.308. The molecular weight excluding hydrogens is 485 g/mol. The molecule has 1 aromatic heterocycles. The third-order valence-corrected chi connectivity index (χ3v) is 5.59. The number of likely N-dealkylation sites (tertiary alicyclic amines) is 1. The quantitative estimate of drug-likeness (QED) is 0.244. The highest BCUT2D eigenvalue weighted by Crippen LogP contribution is 2.24. The number of carbonyl (C=O) groups is 2. The number of rotatable bonds is 7. The van der Waals surface area contributed by atoms with Crippen molar-refractivity contribution in [1.29, 1.82) is 5.41 Å². The summed E-state index contributed by atoms with van der Waals surface area (Å²) in [5, 5.41) is 13.4. The molecule has 1 aromatic carbocycles. The predicted molar refractivity (Wildman–Crippen MR) is 142 cm³/mol. The first-order valence-electron chi connectivity index (χ1n) is 11.4. The van der Waals surface area contributed by atoms with E-state index < -0.39 is 5.91 Å². The van der Waals surface area contributed by atoms with Gasteiger partial charge in [-0.25, -0.2) is 9.37 Å². The van der Waals surface area contributed by atoms with E-state index in [-0.39, 0.29) is 11.5 Å². The molecule has 8 nitrogen and oxygen atoms in total. The highest BCUT2D eigenvalue weighted by Gasteiger charge is 2.16. The van der Waals surface area contributed by atoms with Gasteiger partial charge >= 0.3 is 0 Å². The lowest BCUT2D eigenvalue weighted by Crippen LogP contribution is -2.26. The van der Waals surface area contributed by atoms with Crippen LogP contribution in [0, 0.1) is 5.41 Å². The summed E-state index contributed by atoms with van der Waals surface area (Å²) in [4.78, 5) is 30.7. The molecule has 1 fully saturated rings. The second-order valence-electron chi connectivity index (χ2n) is 7.86. The van der Waals surface area contributed by atoms with E-state index in [0.29, 0.717) is 46.4 Å². The van der Waals surface area contributed by atoms with Crippen LogP contribution < -0.4 is 15.4 Å². The standard InChI is InChI=1S/C18H18ClN3O3.C8H13FN2/c1-4-11(2)17(23)21-15-7-6-13(25-3)9-14(15)18(24)22-16-8-5-12(19)10-20-16;9-5-3-4-8(10)11-6-1-2-7-11/h4-10H,1-3H3,(H,21,23)(H,20,22,24);3,5,10H,1-2,4,6-7H2/b11-4+;5-3+,10-8?. The maximum absolute atomic E-state index is 12.6. The van der Waals surface area contributed by atoms with Gasteiger partial charge < -0.3 is 20.3 Å². The molecule has 1 aliphatic heterocycles. The molecule has 1 aliphatic rings. The van der Waals surface area contributed by atoms with Crippen molar-refractivity contribution in [2.75, 3.05) is 30.8 Å². The number of nitrogens with one attached hydrogen (secondary N) is 3. The fourth-order valence-electron chi connectivity index (χ4n) is 3.20. The van der Waals surface area contributed by atoms with Crippen molar-refractivity contribution in [3.05, 3.63) is 71.2 Å². The Bertz CT molecular complexity index is 1110. The van der Waals surface area contributed by atoms with Crippen LogP contribution in [0.1, 0.15) is 43.5 Å². The number of hydrogen-bond acceptors (Lipinski definition) is 5. The van der Waals surface area contributed by atoms with Gasteiger partial charge in [0, 0.05) is 31.3 Å². The topological polar surface area (TPSA) is 107 Å². The van der Waals surface area contributed by atoms with E-state index in [4.69, 9.17) is 21.7 Å². The van der Waals surface area contributed by atoms with Crippen LogP contribution >= 0.6 is 11.6 Å². The zero-order valence-electron chi connectivity index (χ0n) is 20.6. The van der Waals surface area contributed by atoms with E-state index in [1.54, 1.807) is 50.3 Å². The zero-order valence-corrected chi connectivity index (χ0v) is 21.4. The number of nitrogens with zero attached hydrogens (tertiary/aromatic N) is 2. The predicted octanol–water partition coefficient (Wildman–Crippen LogP) is 5.83. The lowest BCUT2D eigenvalue weighted by Gasteiger charge is -2.16. The van der Waals surface area contributed by atoms with Crippen molar-refractivity contribution in [3.63, 3.8) is 0 Å². The second kappa shape index (κ2) is 14.6. The van der Waals surface area contributed by atoms with Crippen molar-refractivity contribution >= 4 is 40.8 Å². The lowest BCUT2D eigenvalue weighted by molar-refractivity contribution is -0.112. The van der Waals surface area contributed by atoms with Crippen molar-refractivity contribution in [2.45, 2.75) is 33.1 Å². The van der Waals surface area contributed by atoms with Crippen LogP contribution in [0.25, 0.3) is 0 Å². The van der Waals surface area contributed by atoms with Gasteiger partial charge in [0.2, 0.25) is 0 Å². The van der Waals surface area contributed by atoms with Gasteiger partial charge in [0.25, 0.3) is 11.8 Å². The number of pyridine rings is 1. The van der Waals surface area contributed by atoms with Crippen LogP contribution in [0.4, 0.5) is 15.9 Å². The average Bonchev–Trinajstić information content (AvgIpc) is 3.44. The normalized spacial score (nSPS) is 13.1. The summed E-state index contributed by atoms with van der Waals surface area (Å²) in [6, 6.07) is 8.03. The van der Waals surface area contributed by atoms with Gasteiger partial charge in [-0.1, -0.05) is 17.7 Å². The minimum Gasteiger partial charge on any atom is -0.497 e. The zero-order chi connectivity index (χ0) is 26.5. The molecule has 3 N–H and O–H groups in total. The largest absolute Gasteiger partial charge is 0.497 e. The molecule has 0 atom stereocenters. The van der Waals surface area contributed by atoms with Gasteiger partial charge in [0.05, 0.1) is 35.5 Å². The Kier molecular flexibility index (Phi) is 11.6. The van der Waals surface area contributed by atoms with Crippen LogP contribution in [-0.4, -0.2) is 47.7 Å². The molecule has 192 valence electrons. The summed E-state index contributed by atoms with van der Waals surface area (Å²) in [6.45, 7) is 5.40. The van der Waals surface area contributed by atoms with Gasteiger partial charge in [-0.2, -0.15) is 0 Å². The van der Waals surface area contributed by atoms with Crippen LogP contribution in [0.15, 0.2) is 60.6 Å². The Balaban J connectivity index is 0.000000346. The molecule has 0 saturated carbocycles. The molecule has 2 heterocycles.